The van der Waals surface area contributed by atoms with Crippen LogP contribution < -0.4 is 5.32 Å². The Labute approximate surface area is 324 Å². The van der Waals surface area contributed by atoms with E-state index in [1.54, 1.807) is 69.3 Å². The molecule has 2 saturated carbocycles. The van der Waals surface area contributed by atoms with Gasteiger partial charge in [0.05, 0.1) is 29.7 Å². The van der Waals surface area contributed by atoms with Crippen molar-refractivity contribution in [3.8, 4) is 0 Å². The average molecular weight is 782 g/mol. The molecule has 12 atom stereocenters. The first kappa shape index (κ1) is 41.4. The van der Waals surface area contributed by atoms with Crippen LogP contribution in [0.1, 0.15) is 76.9 Å². The first-order valence-electron chi connectivity index (χ1n) is 18.6. The SMILES string of the molecule is CC1=C2[C@@H](O)C(=O)[C@]3(C)[C@H](O)[C@H](O)C4OC[C@@]4(O)[C@H]3[C@H](OC(=O)c3ccccc3)[C@](O)(C[C@@H]1OC(=O)[C@H](O)[C@@H](NC(=O)OC(C)(C)C)c1ccccc1)C2(C)C. The summed E-state index contributed by atoms with van der Waals surface area (Å²) in [6.45, 7) is 10.1. The number of ether oxygens (including phenoxy) is 4. The first-order valence-corrected chi connectivity index (χ1v) is 18.6. The Balaban J connectivity index is 1.46. The average Bonchev–Trinajstić information content (AvgIpc) is 3.13. The van der Waals surface area contributed by atoms with E-state index in [1.165, 1.54) is 39.8 Å². The molecule has 1 amide bonds. The van der Waals surface area contributed by atoms with Crippen LogP contribution in [0.2, 0.25) is 0 Å². The number of rotatable bonds is 7. The molecule has 2 aromatic rings. The summed E-state index contributed by atoms with van der Waals surface area (Å²) in [5.41, 5.74) is -9.06. The molecule has 0 spiro atoms. The molecule has 15 heteroatoms. The maximum atomic E-state index is 14.7. The lowest BCUT2D eigenvalue weighted by Crippen LogP contribution is -2.84. The maximum Gasteiger partial charge on any atom is 0.408 e. The van der Waals surface area contributed by atoms with E-state index in [1.807, 2.05) is 0 Å². The van der Waals surface area contributed by atoms with Crippen LogP contribution in [0.25, 0.3) is 0 Å². The second kappa shape index (κ2) is 14.3. The quantitative estimate of drug-likeness (QED) is 0.120. The van der Waals surface area contributed by atoms with Gasteiger partial charge in [-0.3, -0.25) is 4.79 Å². The molecule has 304 valence electrons. The lowest BCUT2D eigenvalue weighted by molar-refractivity contribution is -0.368. The zero-order valence-electron chi connectivity index (χ0n) is 32.3. The number of carbonyl (C=O) groups is 4. The molecule has 15 nitrogen and oxygen atoms in total. The van der Waals surface area contributed by atoms with Gasteiger partial charge in [0.2, 0.25) is 0 Å². The summed E-state index contributed by atoms with van der Waals surface area (Å²) < 4.78 is 23.0. The zero-order chi connectivity index (χ0) is 41.3. The number of aliphatic hydroxyl groups is 6. The molecular formula is C41H51NO14. The number of aliphatic hydroxyl groups excluding tert-OH is 4. The van der Waals surface area contributed by atoms with Crippen molar-refractivity contribution in [3.63, 3.8) is 0 Å². The van der Waals surface area contributed by atoms with Crippen LogP contribution in [0.5, 0.6) is 0 Å². The van der Waals surface area contributed by atoms with E-state index in [4.69, 9.17) is 18.9 Å². The van der Waals surface area contributed by atoms with Crippen LogP contribution in [0.4, 0.5) is 4.79 Å². The fraction of sp³-hybridized carbons (Fsp3) is 0.561. The number of ketones is 1. The van der Waals surface area contributed by atoms with Crippen molar-refractivity contribution in [1.29, 1.82) is 0 Å². The lowest BCUT2D eigenvalue weighted by Gasteiger charge is -2.67. The third kappa shape index (κ3) is 6.52. The molecule has 2 bridgehead atoms. The van der Waals surface area contributed by atoms with Gasteiger partial charge in [-0.15, -0.1) is 0 Å². The van der Waals surface area contributed by atoms with Gasteiger partial charge in [-0.1, -0.05) is 62.4 Å². The minimum atomic E-state index is -2.40. The van der Waals surface area contributed by atoms with Crippen molar-refractivity contribution in [2.24, 2.45) is 16.7 Å². The fourth-order valence-electron chi connectivity index (χ4n) is 9.27. The fourth-order valence-corrected chi connectivity index (χ4v) is 9.27. The second-order valence-corrected chi connectivity index (χ2v) is 17.1. The number of esters is 2. The monoisotopic (exact) mass is 781 g/mol. The molecule has 1 unspecified atom stereocenters. The summed E-state index contributed by atoms with van der Waals surface area (Å²) in [5.74, 6) is -4.99. The molecule has 1 saturated heterocycles. The highest BCUT2D eigenvalue weighted by atomic mass is 16.6. The molecule has 7 N–H and O–H groups in total. The highest BCUT2D eigenvalue weighted by Gasteiger charge is 2.78. The van der Waals surface area contributed by atoms with Gasteiger partial charge in [0, 0.05) is 17.8 Å². The summed E-state index contributed by atoms with van der Waals surface area (Å²) in [6, 6.07) is 14.4. The van der Waals surface area contributed by atoms with Crippen LogP contribution in [0.15, 0.2) is 71.8 Å². The highest BCUT2D eigenvalue weighted by molar-refractivity contribution is 5.94. The highest BCUT2D eigenvalue weighted by Crippen LogP contribution is 2.63. The Morgan fingerprint density at radius 1 is 0.929 bits per heavy atom. The van der Waals surface area contributed by atoms with Crippen molar-refractivity contribution in [1.82, 2.24) is 5.32 Å². The number of Topliss-reactive ketones (excluding diaryl/α,β-unsaturated/α-hetero) is 1. The standard InChI is InChI=1S/C41H51NO14/c1-20-23(54-35(49)27(44)25(21-14-10-8-11-15-21)42-36(50)56-37(2,3)4)18-41(52)33(55-34(48)22-16-12-9-13-17-22)29-39(7,30(46)26(43)24(20)38(41,5)6)31(47)28(45)32-40(29,51)19-53-32/h8-17,23,25-29,31-33,43-45,47,51-52H,18-19H2,1-7H3,(H,42,50)/t23-,25-,26+,27+,28-,29-,31+,32?,33-,39+,40+,41+/m0/s1. The van der Waals surface area contributed by atoms with E-state index in [9.17, 15) is 49.8 Å². The number of fused-ring (bicyclic) bond motifs is 5. The number of alkyl carbamates (subject to hydrolysis) is 1. The summed E-state index contributed by atoms with van der Waals surface area (Å²) in [7, 11) is 0. The van der Waals surface area contributed by atoms with Crippen molar-refractivity contribution in [3.05, 3.63) is 82.9 Å². The van der Waals surface area contributed by atoms with Gasteiger partial charge < -0.3 is 54.9 Å². The van der Waals surface area contributed by atoms with Crippen molar-refractivity contribution in [2.45, 2.75) is 120 Å². The minimum absolute atomic E-state index is 0.0483. The molecule has 2 aromatic carbocycles. The molecule has 0 radical (unpaired) electrons. The molecule has 3 fully saturated rings. The summed E-state index contributed by atoms with van der Waals surface area (Å²) in [4.78, 5) is 55.5. The number of amides is 1. The van der Waals surface area contributed by atoms with Gasteiger partial charge in [-0.25, -0.2) is 14.4 Å². The van der Waals surface area contributed by atoms with Crippen LogP contribution in [-0.4, -0.2) is 121 Å². The van der Waals surface area contributed by atoms with E-state index in [0.717, 1.165) is 0 Å². The van der Waals surface area contributed by atoms with Crippen LogP contribution in [-0.2, 0) is 28.5 Å². The Hall–Kier alpha value is -4.22. The first-order chi connectivity index (χ1) is 26.0. The number of nitrogens with one attached hydrogen (secondary N) is 1. The number of hydrogen-bond donors (Lipinski definition) is 7. The van der Waals surface area contributed by atoms with E-state index in [-0.39, 0.29) is 16.7 Å². The Kier molecular flexibility index (Phi) is 10.6. The maximum absolute atomic E-state index is 14.7. The Morgan fingerprint density at radius 3 is 2.07 bits per heavy atom. The Morgan fingerprint density at radius 2 is 1.52 bits per heavy atom. The molecule has 1 heterocycles. The summed E-state index contributed by atoms with van der Waals surface area (Å²) >= 11 is 0. The van der Waals surface area contributed by atoms with Gasteiger partial charge in [0.1, 0.15) is 47.3 Å². The number of benzene rings is 2. The topological polar surface area (TPSA) is 239 Å². The van der Waals surface area contributed by atoms with Crippen molar-refractivity contribution in [2.75, 3.05) is 6.61 Å². The largest absolute Gasteiger partial charge is 0.456 e. The summed E-state index contributed by atoms with van der Waals surface area (Å²) in [5, 5.41) is 74.3. The molecule has 0 aromatic heterocycles. The van der Waals surface area contributed by atoms with Crippen LogP contribution in [0.3, 0.4) is 0 Å². The van der Waals surface area contributed by atoms with Crippen molar-refractivity contribution < 1.29 is 68.8 Å². The normalized spacial score (nSPS) is 35.9. The van der Waals surface area contributed by atoms with E-state index >= 15 is 0 Å². The van der Waals surface area contributed by atoms with Crippen molar-refractivity contribution >= 4 is 23.8 Å². The van der Waals surface area contributed by atoms with E-state index in [0.29, 0.717) is 5.56 Å². The van der Waals surface area contributed by atoms with Gasteiger partial charge in [0.15, 0.2) is 11.9 Å². The zero-order valence-corrected chi connectivity index (χ0v) is 32.3. The Bertz CT molecular complexity index is 1890. The van der Waals surface area contributed by atoms with Gasteiger partial charge in [-0.05, 0) is 63.5 Å². The molecule has 4 aliphatic rings. The number of carbonyl (C=O) groups excluding carboxylic acids is 4. The molecule has 6 rings (SSSR count). The van der Waals surface area contributed by atoms with Crippen LogP contribution >= 0.6 is 0 Å². The number of hydrogen-bond acceptors (Lipinski definition) is 14. The van der Waals surface area contributed by atoms with Gasteiger partial charge >= 0.3 is 18.0 Å². The molecule has 3 aliphatic carbocycles. The molecular weight excluding hydrogens is 730 g/mol. The van der Waals surface area contributed by atoms with Crippen LogP contribution in [0, 0.1) is 16.7 Å². The third-order valence-corrected chi connectivity index (χ3v) is 12.3. The summed E-state index contributed by atoms with van der Waals surface area (Å²) in [6.07, 6.45) is -14.3. The van der Waals surface area contributed by atoms with Gasteiger partial charge in [0.25, 0.3) is 0 Å². The second-order valence-electron chi connectivity index (χ2n) is 17.1. The predicted molar refractivity (Wildman–Crippen MR) is 195 cm³/mol. The lowest BCUT2D eigenvalue weighted by atomic mass is 9.44. The molecule has 56 heavy (non-hydrogen) atoms. The minimum Gasteiger partial charge on any atom is -0.456 e. The van der Waals surface area contributed by atoms with E-state index in [2.05, 4.69) is 5.32 Å². The third-order valence-electron chi connectivity index (χ3n) is 12.3. The predicted octanol–water partition coefficient (Wildman–Crippen LogP) is 1.66. The van der Waals surface area contributed by atoms with Gasteiger partial charge in [-0.2, -0.15) is 0 Å². The molecule has 1 aliphatic heterocycles. The smallest absolute Gasteiger partial charge is 0.408 e. The van der Waals surface area contributed by atoms with E-state index < -0.39 is 119 Å².